The number of amides is 1. The lowest BCUT2D eigenvalue weighted by Gasteiger charge is -2.41. The zero-order valence-electron chi connectivity index (χ0n) is 19.0. The van der Waals surface area contributed by atoms with Gasteiger partial charge in [-0.25, -0.2) is 9.78 Å². The zero-order valence-corrected chi connectivity index (χ0v) is 19.0. The fourth-order valence-electron chi connectivity index (χ4n) is 4.95. The molecule has 2 aliphatic rings. The molecule has 0 bridgehead atoms. The van der Waals surface area contributed by atoms with Crippen molar-refractivity contribution in [1.82, 2.24) is 9.88 Å². The van der Waals surface area contributed by atoms with Crippen LogP contribution < -0.4 is 10.2 Å². The molecule has 32 heavy (non-hydrogen) atoms. The number of fused-ring (bicyclic) bond motifs is 1. The Labute approximate surface area is 189 Å². The van der Waals surface area contributed by atoms with E-state index in [9.17, 15) is 14.7 Å². The number of aromatic carboxylic acids is 1. The Balaban J connectivity index is 1.51. The van der Waals surface area contributed by atoms with E-state index in [0.29, 0.717) is 29.1 Å². The van der Waals surface area contributed by atoms with E-state index in [0.717, 1.165) is 44.8 Å². The summed E-state index contributed by atoms with van der Waals surface area (Å²) in [5, 5.41) is 13.3. The van der Waals surface area contributed by atoms with Gasteiger partial charge in [-0.1, -0.05) is 32.6 Å². The summed E-state index contributed by atoms with van der Waals surface area (Å²) in [6.45, 7) is 5.76. The summed E-state index contributed by atoms with van der Waals surface area (Å²) in [7, 11) is 0. The number of unbranched alkanes of at least 4 members (excludes halogenated alkanes) is 1. The number of anilines is 2. The first-order valence-electron chi connectivity index (χ1n) is 12.0. The Morgan fingerprint density at radius 3 is 2.53 bits per heavy atom. The van der Waals surface area contributed by atoms with Crippen LogP contribution in [0.5, 0.6) is 0 Å². The second-order valence-electron chi connectivity index (χ2n) is 9.03. The number of nitrogens with zero attached hydrogens (tertiary/aromatic N) is 3. The molecule has 1 saturated carbocycles. The molecule has 2 heterocycles. The summed E-state index contributed by atoms with van der Waals surface area (Å²) in [4.78, 5) is 33.7. The second kappa shape index (κ2) is 10.3. The predicted molar refractivity (Wildman–Crippen MR) is 128 cm³/mol. The molecule has 2 aromatic rings. The van der Waals surface area contributed by atoms with Gasteiger partial charge in [-0.05, 0) is 43.5 Å². The van der Waals surface area contributed by atoms with E-state index in [1.165, 1.54) is 32.1 Å². The van der Waals surface area contributed by atoms with Crippen molar-refractivity contribution in [3.8, 4) is 0 Å². The van der Waals surface area contributed by atoms with Crippen LogP contribution in [0.3, 0.4) is 0 Å². The fourth-order valence-corrected chi connectivity index (χ4v) is 4.95. The molecule has 1 aromatic carbocycles. The van der Waals surface area contributed by atoms with E-state index >= 15 is 0 Å². The molecule has 1 amide bonds. The van der Waals surface area contributed by atoms with E-state index in [1.54, 1.807) is 24.3 Å². The van der Waals surface area contributed by atoms with Crippen molar-refractivity contribution in [1.29, 1.82) is 0 Å². The molecule has 1 aliphatic heterocycles. The first-order valence-corrected chi connectivity index (χ1v) is 12.0. The molecule has 0 spiro atoms. The molecule has 0 radical (unpaired) electrons. The van der Waals surface area contributed by atoms with Crippen LogP contribution in [0.15, 0.2) is 24.3 Å². The number of aromatic nitrogens is 1. The molecule has 7 heteroatoms. The van der Waals surface area contributed by atoms with Crippen molar-refractivity contribution >= 4 is 34.3 Å². The molecule has 1 aliphatic carbocycles. The fraction of sp³-hybridized carbons (Fsp3) is 0.560. The molecule has 7 nitrogen and oxygen atoms in total. The highest BCUT2D eigenvalue weighted by Crippen LogP contribution is 2.28. The van der Waals surface area contributed by atoms with Crippen LogP contribution >= 0.6 is 0 Å². The number of benzene rings is 1. The molecule has 172 valence electrons. The number of carbonyl (C=O) groups excluding carboxylic acids is 1. The third-order valence-electron chi connectivity index (χ3n) is 6.80. The van der Waals surface area contributed by atoms with Crippen LogP contribution in [0.2, 0.25) is 0 Å². The molecule has 1 saturated heterocycles. The van der Waals surface area contributed by atoms with E-state index in [1.807, 2.05) is 6.92 Å². The number of hydrogen-bond donors (Lipinski definition) is 2. The maximum atomic E-state index is 12.1. The van der Waals surface area contributed by atoms with Crippen LogP contribution in [-0.4, -0.2) is 59.1 Å². The topological polar surface area (TPSA) is 85.8 Å². The second-order valence-corrected chi connectivity index (χ2v) is 9.03. The maximum Gasteiger partial charge on any atom is 0.336 e. The third-order valence-corrected chi connectivity index (χ3v) is 6.80. The number of carboxylic acids is 1. The number of piperazine rings is 1. The number of pyridine rings is 1. The highest BCUT2D eigenvalue weighted by atomic mass is 16.4. The summed E-state index contributed by atoms with van der Waals surface area (Å²) in [6.07, 6.45) is 8.88. The third kappa shape index (κ3) is 5.21. The highest BCUT2D eigenvalue weighted by Gasteiger charge is 2.26. The molecule has 4 rings (SSSR count). The lowest BCUT2D eigenvalue weighted by atomic mass is 9.94. The normalized spacial score (nSPS) is 18.1. The number of rotatable bonds is 7. The van der Waals surface area contributed by atoms with Crippen molar-refractivity contribution in [2.45, 2.75) is 64.3 Å². The molecular formula is C25H34N4O3. The maximum absolute atomic E-state index is 12.1. The van der Waals surface area contributed by atoms with Crippen LogP contribution in [0.25, 0.3) is 10.9 Å². The largest absolute Gasteiger partial charge is 0.478 e. The minimum atomic E-state index is -0.978. The van der Waals surface area contributed by atoms with E-state index in [-0.39, 0.29) is 11.5 Å². The summed E-state index contributed by atoms with van der Waals surface area (Å²) in [6, 6.07) is 7.72. The average molecular weight is 439 g/mol. The standard InChI is InChI=1S/C25H34N4O3/c1-2-3-9-24(30)26-18-10-11-22-20(16-18)21(25(31)32)17-23(27-22)29-14-12-28(13-15-29)19-7-5-4-6-8-19/h10-11,16-17,19H,2-9,12-15H2,1H3,(H,26,30)(H,31,32). The van der Waals surface area contributed by atoms with Gasteiger partial charge in [0.1, 0.15) is 5.82 Å². The first-order chi connectivity index (χ1) is 15.5. The smallest absolute Gasteiger partial charge is 0.336 e. The first kappa shape index (κ1) is 22.5. The number of hydrogen-bond acceptors (Lipinski definition) is 5. The molecule has 0 unspecified atom stereocenters. The monoisotopic (exact) mass is 438 g/mol. The van der Waals surface area contributed by atoms with E-state index in [4.69, 9.17) is 4.98 Å². The zero-order chi connectivity index (χ0) is 22.5. The van der Waals surface area contributed by atoms with E-state index < -0.39 is 5.97 Å². The minimum Gasteiger partial charge on any atom is -0.478 e. The van der Waals surface area contributed by atoms with Crippen molar-refractivity contribution in [2.75, 3.05) is 36.4 Å². The van der Waals surface area contributed by atoms with Gasteiger partial charge in [0.05, 0.1) is 11.1 Å². The van der Waals surface area contributed by atoms with Gasteiger partial charge in [0.2, 0.25) is 5.91 Å². The van der Waals surface area contributed by atoms with Gasteiger partial charge in [0.25, 0.3) is 0 Å². The number of carbonyl (C=O) groups is 2. The Morgan fingerprint density at radius 2 is 1.84 bits per heavy atom. The van der Waals surface area contributed by atoms with Crippen molar-refractivity contribution < 1.29 is 14.7 Å². The highest BCUT2D eigenvalue weighted by molar-refractivity contribution is 6.05. The quantitative estimate of drug-likeness (QED) is 0.661. The molecule has 2 N–H and O–H groups in total. The summed E-state index contributed by atoms with van der Waals surface area (Å²) >= 11 is 0. The Hall–Kier alpha value is -2.67. The lowest BCUT2D eigenvalue weighted by Crippen LogP contribution is -2.51. The summed E-state index contributed by atoms with van der Waals surface area (Å²) < 4.78 is 0. The van der Waals surface area contributed by atoms with Gasteiger partial charge in [0, 0.05) is 49.7 Å². The van der Waals surface area contributed by atoms with Gasteiger partial charge < -0.3 is 15.3 Å². The van der Waals surface area contributed by atoms with Crippen LogP contribution in [0, 0.1) is 0 Å². The number of carboxylic acid groups (broad SMARTS) is 1. The van der Waals surface area contributed by atoms with Crippen LogP contribution in [0.4, 0.5) is 11.5 Å². The SMILES string of the molecule is CCCCC(=O)Nc1ccc2nc(N3CCN(C4CCCCC4)CC3)cc(C(=O)O)c2c1. The van der Waals surface area contributed by atoms with Gasteiger partial charge >= 0.3 is 5.97 Å². The average Bonchev–Trinajstić information content (AvgIpc) is 2.82. The minimum absolute atomic E-state index is 0.0523. The van der Waals surface area contributed by atoms with Gasteiger partial charge in [-0.3, -0.25) is 9.69 Å². The van der Waals surface area contributed by atoms with Gasteiger partial charge in [-0.15, -0.1) is 0 Å². The molecular weight excluding hydrogens is 404 g/mol. The van der Waals surface area contributed by atoms with Gasteiger partial charge in [0.15, 0.2) is 0 Å². The Bertz CT molecular complexity index is 963. The van der Waals surface area contributed by atoms with E-state index in [2.05, 4.69) is 15.1 Å². The molecule has 0 atom stereocenters. The van der Waals surface area contributed by atoms with Crippen molar-refractivity contribution in [2.24, 2.45) is 0 Å². The lowest BCUT2D eigenvalue weighted by molar-refractivity contribution is -0.116. The number of nitrogens with one attached hydrogen (secondary N) is 1. The van der Waals surface area contributed by atoms with Crippen LogP contribution in [0.1, 0.15) is 68.6 Å². The van der Waals surface area contributed by atoms with Gasteiger partial charge in [-0.2, -0.15) is 0 Å². The summed E-state index contributed by atoms with van der Waals surface area (Å²) in [5.74, 6) is -0.310. The predicted octanol–water partition coefficient (Wildman–Crippen LogP) is 4.52. The Kier molecular flexibility index (Phi) is 7.25. The molecule has 1 aromatic heterocycles. The molecule has 2 fully saturated rings. The summed E-state index contributed by atoms with van der Waals surface area (Å²) in [5.41, 5.74) is 1.47. The van der Waals surface area contributed by atoms with Crippen molar-refractivity contribution in [3.63, 3.8) is 0 Å². The van der Waals surface area contributed by atoms with Crippen molar-refractivity contribution in [3.05, 3.63) is 29.8 Å². The Morgan fingerprint density at radius 1 is 1.09 bits per heavy atom. The van der Waals surface area contributed by atoms with Crippen LogP contribution in [-0.2, 0) is 4.79 Å².